The molecular formula is C13H21NO2. The Hall–Kier alpha value is -0.900. The van der Waals surface area contributed by atoms with Gasteiger partial charge in [0.1, 0.15) is 0 Å². The van der Waals surface area contributed by atoms with E-state index in [1.54, 1.807) is 0 Å². The third-order valence-corrected chi connectivity index (χ3v) is 1.92. The normalized spacial score (nSPS) is 11.7. The van der Waals surface area contributed by atoms with Gasteiger partial charge in [0, 0.05) is 6.54 Å². The molecule has 1 rings (SSSR count). The number of rotatable bonds is 6. The van der Waals surface area contributed by atoms with Gasteiger partial charge in [-0.1, -0.05) is 30.3 Å². The Bertz CT molecular complexity index is 280. The van der Waals surface area contributed by atoms with Crippen LogP contribution in [0.15, 0.2) is 30.3 Å². The molecule has 16 heavy (non-hydrogen) atoms. The number of hydrogen-bond acceptors (Lipinski definition) is 3. The predicted octanol–water partition coefficient (Wildman–Crippen LogP) is 2.52. The van der Waals surface area contributed by atoms with Crippen molar-refractivity contribution in [2.24, 2.45) is 0 Å². The van der Waals surface area contributed by atoms with E-state index >= 15 is 0 Å². The van der Waals surface area contributed by atoms with Gasteiger partial charge in [-0.15, -0.1) is 0 Å². The lowest BCUT2D eigenvalue weighted by Gasteiger charge is -2.19. The van der Waals surface area contributed by atoms with Crippen molar-refractivity contribution in [2.45, 2.75) is 33.0 Å². The number of benzene rings is 1. The summed E-state index contributed by atoms with van der Waals surface area (Å²) in [6, 6.07) is 10.1. The molecule has 3 heteroatoms. The molecule has 0 heterocycles. The molecule has 1 aromatic rings. The summed E-state index contributed by atoms with van der Waals surface area (Å²) in [4.78, 5) is 5.30. The highest BCUT2D eigenvalue weighted by molar-refractivity contribution is 5.13. The van der Waals surface area contributed by atoms with E-state index in [1.807, 2.05) is 51.1 Å². The van der Waals surface area contributed by atoms with Gasteiger partial charge in [0.2, 0.25) is 0 Å². The van der Waals surface area contributed by atoms with Crippen LogP contribution >= 0.6 is 0 Å². The minimum absolute atomic E-state index is 0.0822. The second kappa shape index (κ2) is 6.63. The van der Waals surface area contributed by atoms with E-state index in [-0.39, 0.29) is 5.60 Å². The summed E-state index contributed by atoms with van der Waals surface area (Å²) in [6.07, 6.45) is 0. The summed E-state index contributed by atoms with van der Waals surface area (Å²) >= 11 is 0. The molecule has 0 amide bonds. The number of hydroxylamine groups is 1. The first-order valence-corrected chi connectivity index (χ1v) is 5.60. The van der Waals surface area contributed by atoms with E-state index < -0.39 is 0 Å². The lowest BCUT2D eigenvalue weighted by Crippen LogP contribution is -2.26. The van der Waals surface area contributed by atoms with Crippen LogP contribution in [0.25, 0.3) is 0 Å². The molecule has 0 saturated heterocycles. The Labute approximate surface area is 97.7 Å². The maximum absolute atomic E-state index is 5.54. The summed E-state index contributed by atoms with van der Waals surface area (Å²) in [5, 5.41) is 0. The molecule has 0 spiro atoms. The van der Waals surface area contributed by atoms with Gasteiger partial charge >= 0.3 is 0 Å². The Morgan fingerprint density at radius 1 is 1.12 bits per heavy atom. The molecule has 3 nitrogen and oxygen atoms in total. The van der Waals surface area contributed by atoms with Gasteiger partial charge in [-0.25, -0.2) is 0 Å². The first kappa shape index (κ1) is 13.2. The third-order valence-electron chi connectivity index (χ3n) is 1.92. The molecule has 0 aromatic heterocycles. The van der Waals surface area contributed by atoms with Crippen molar-refractivity contribution in [2.75, 3.05) is 13.2 Å². The molecule has 0 atom stereocenters. The van der Waals surface area contributed by atoms with Crippen LogP contribution in [0.5, 0.6) is 0 Å². The highest BCUT2D eigenvalue weighted by Crippen LogP contribution is 2.05. The summed E-state index contributed by atoms with van der Waals surface area (Å²) in [7, 11) is 0. The van der Waals surface area contributed by atoms with Gasteiger partial charge in [-0.2, -0.15) is 5.48 Å². The van der Waals surface area contributed by atoms with Crippen molar-refractivity contribution < 1.29 is 9.57 Å². The Morgan fingerprint density at radius 2 is 1.81 bits per heavy atom. The molecule has 0 fully saturated rings. The van der Waals surface area contributed by atoms with Crippen LogP contribution < -0.4 is 5.48 Å². The first-order valence-electron chi connectivity index (χ1n) is 5.60. The molecule has 0 unspecified atom stereocenters. The predicted molar refractivity (Wildman–Crippen MR) is 64.9 cm³/mol. The van der Waals surface area contributed by atoms with E-state index in [0.29, 0.717) is 19.8 Å². The Kier molecular flexibility index (Phi) is 5.46. The molecule has 0 aliphatic rings. The first-order chi connectivity index (χ1) is 7.58. The molecule has 1 aromatic carbocycles. The second-order valence-electron chi connectivity index (χ2n) is 4.63. The topological polar surface area (TPSA) is 30.5 Å². The van der Waals surface area contributed by atoms with Gasteiger partial charge in [0.25, 0.3) is 0 Å². The van der Waals surface area contributed by atoms with Crippen LogP contribution in [0.1, 0.15) is 26.3 Å². The lowest BCUT2D eigenvalue weighted by atomic mass is 10.2. The van der Waals surface area contributed by atoms with Gasteiger partial charge in [-0.05, 0) is 26.3 Å². The third kappa shape index (κ3) is 6.56. The van der Waals surface area contributed by atoms with Crippen molar-refractivity contribution in [3.8, 4) is 0 Å². The fraction of sp³-hybridized carbons (Fsp3) is 0.538. The standard InChI is InChI=1S/C13H21NO2/c1-13(2,3)15-10-9-14-16-11-12-7-5-4-6-8-12/h4-8,14H,9-11H2,1-3H3. The average Bonchev–Trinajstić information content (AvgIpc) is 2.23. The zero-order chi connectivity index (χ0) is 11.9. The SMILES string of the molecule is CC(C)(C)OCCNOCc1ccccc1. The minimum atomic E-state index is -0.0822. The summed E-state index contributed by atoms with van der Waals surface area (Å²) in [5.74, 6) is 0. The van der Waals surface area contributed by atoms with Crippen LogP contribution in [-0.4, -0.2) is 18.8 Å². The van der Waals surface area contributed by atoms with Crippen LogP contribution in [0.3, 0.4) is 0 Å². The number of ether oxygens (including phenoxy) is 1. The monoisotopic (exact) mass is 223 g/mol. The largest absolute Gasteiger partial charge is 0.374 e. The van der Waals surface area contributed by atoms with Gasteiger partial charge in [0.15, 0.2) is 0 Å². The highest BCUT2D eigenvalue weighted by atomic mass is 16.6. The van der Waals surface area contributed by atoms with Crippen molar-refractivity contribution in [1.29, 1.82) is 0 Å². The minimum Gasteiger partial charge on any atom is -0.374 e. The molecule has 90 valence electrons. The summed E-state index contributed by atoms with van der Waals surface area (Å²) < 4.78 is 5.54. The average molecular weight is 223 g/mol. The maximum atomic E-state index is 5.54. The number of hydrogen-bond donors (Lipinski definition) is 1. The van der Waals surface area contributed by atoms with Crippen LogP contribution in [0.4, 0.5) is 0 Å². The summed E-state index contributed by atoms with van der Waals surface area (Å²) in [6.45, 7) is 8.05. The van der Waals surface area contributed by atoms with Crippen molar-refractivity contribution >= 4 is 0 Å². The zero-order valence-corrected chi connectivity index (χ0v) is 10.3. The lowest BCUT2D eigenvalue weighted by molar-refractivity contribution is -0.0328. The second-order valence-corrected chi connectivity index (χ2v) is 4.63. The van der Waals surface area contributed by atoms with E-state index in [9.17, 15) is 0 Å². The quantitative estimate of drug-likeness (QED) is 0.594. The van der Waals surface area contributed by atoms with Gasteiger partial charge in [0.05, 0.1) is 18.8 Å². The Morgan fingerprint density at radius 3 is 2.44 bits per heavy atom. The van der Waals surface area contributed by atoms with E-state index in [2.05, 4.69) is 5.48 Å². The van der Waals surface area contributed by atoms with Gasteiger partial charge < -0.3 is 4.74 Å². The molecule has 0 radical (unpaired) electrons. The van der Waals surface area contributed by atoms with Crippen LogP contribution in [0.2, 0.25) is 0 Å². The van der Waals surface area contributed by atoms with Crippen molar-refractivity contribution in [3.05, 3.63) is 35.9 Å². The molecule has 0 aliphatic carbocycles. The van der Waals surface area contributed by atoms with E-state index in [1.165, 1.54) is 0 Å². The fourth-order valence-corrected chi connectivity index (χ4v) is 1.18. The number of nitrogens with one attached hydrogen (secondary N) is 1. The van der Waals surface area contributed by atoms with E-state index in [4.69, 9.17) is 9.57 Å². The molecule has 1 N–H and O–H groups in total. The zero-order valence-electron chi connectivity index (χ0n) is 10.3. The van der Waals surface area contributed by atoms with Crippen molar-refractivity contribution in [1.82, 2.24) is 5.48 Å². The maximum Gasteiger partial charge on any atom is 0.0933 e. The fourth-order valence-electron chi connectivity index (χ4n) is 1.18. The van der Waals surface area contributed by atoms with Gasteiger partial charge in [-0.3, -0.25) is 4.84 Å². The Balaban J connectivity index is 2.01. The smallest absolute Gasteiger partial charge is 0.0933 e. The van der Waals surface area contributed by atoms with Crippen LogP contribution in [0, 0.1) is 0 Å². The molecular weight excluding hydrogens is 202 g/mol. The molecule has 0 bridgehead atoms. The van der Waals surface area contributed by atoms with Crippen LogP contribution in [-0.2, 0) is 16.2 Å². The molecule has 0 saturated carbocycles. The van der Waals surface area contributed by atoms with E-state index in [0.717, 1.165) is 5.56 Å². The molecule has 0 aliphatic heterocycles. The van der Waals surface area contributed by atoms with Crippen molar-refractivity contribution in [3.63, 3.8) is 0 Å². The highest BCUT2D eigenvalue weighted by Gasteiger charge is 2.08. The summed E-state index contributed by atoms with van der Waals surface area (Å²) in [5.41, 5.74) is 3.96.